The lowest BCUT2D eigenvalue weighted by Gasteiger charge is -2.64. The van der Waals surface area contributed by atoms with Gasteiger partial charge in [-0.25, -0.2) is 0 Å². The number of fused-ring (bicyclic) bond motifs is 1. The standard InChI is InChI=1S/C21H24N4O/c1-20-11-24-13-21(2,19(20)26)14-25(12-20)18(24)16-10-23(9-5-8-22)17-7-4-3-6-15(16)17/h3-4,6-7,10,18H,5,9,11-14H2,1-2H3. The third-order valence-electron chi connectivity index (χ3n) is 6.56. The van der Waals surface area contributed by atoms with Crippen molar-refractivity contribution in [3.63, 3.8) is 0 Å². The summed E-state index contributed by atoms with van der Waals surface area (Å²) in [5, 5.41) is 10.3. The highest BCUT2D eigenvalue weighted by molar-refractivity contribution is 5.93. The fourth-order valence-electron chi connectivity index (χ4n) is 5.83. The molecular formula is C21H24N4O. The van der Waals surface area contributed by atoms with Crippen LogP contribution in [0.2, 0.25) is 0 Å². The number of aryl methyl sites for hydroxylation is 1. The van der Waals surface area contributed by atoms with Crippen molar-refractivity contribution < 1.29 is 4.79 Å². The number of aromatic nitrogens is 1. The molecular weight excluding hydrogens is 324 g/mol. The molecule has 0 atom stereocenters. The van der Waals surface area contributed by atoms with Crippen molar-refractivity contribution in [2.24, 2.45) is 10.8 Å². The van der Waals surface area contributed by atoms with E-state index in [1.165, 1.54) is 16.5 Å². The largest absolute Gasteiger partial charge is 0.346 e. The minimum atomic E-state index is -0.235. The van der Waals surface area contributed by atoms with Gasteiger partial charge in [-0.2, -0.15) is 5.26 Å². The van der Waals surface area contributed by atoms with Crippen LogP contribution in [-0.4, -0.2) is 46.3 Å². The van der Waals surface area contributed by atoms with E-state index < -0.39 is 0 Å². The Morgan fingerprint density at radius 1 is 1.12 bits per heavy atom. The number of hydrogen-bond donors (Lipinski definition) is 0. The first kappa shape index (κ1) is 16.0. The van der Waals surface area contributed by atoms with E-state index in [2.05, 4.69) is 64.7 Å². The summed E-state index contributed by atoms with van der Waals surface area (Å²) in [4.78, 5) is 17.9. The van der Waals surface area contributed by atoms with E-state index in [1.807, 2.05) is 0 Å². The molecule has 0 unspecified atom stereocenters. The summed E-state index contributed by atoms with van der Waals surface area (Å²) in [7, 11) is 0. The maximum absolute atomic E-state index is 12.9. The van der Waals surface area contributed by atoms with Gasteiger partial charge in [0.2, 0.25) is 0 Å². The van der Waals surface area contributed by atoms with Crippen LogP contribution in [0.4, 0.5) is 0 Å². The normalized spacial score (nSPS) is 38.0. The van der Waals surface area contributed by atoms with Gasteiger partial charge in [-0.3, -0.25) is 14.6 Å². The number of para-hydroxylation sites is 1. The predicted molar refractivity (Wildman–Crippen MR) is 99.3 cm³/mol. The summed E-state index contributed by atoms with van der Waals surface area (Å²) >= 11 is 0. The Morgan fingerprint density at radius 3 is 2.35 bits per heavy atom. The number of Topliss-reactive ketones (excluding diaryl/α,β-unsaturated/α-hetero) is 1. The summed E-state index contributed by atoms with van der Waals surface area (Å²) in [5.74, 6) is 0.451. The van der Waals surface area contributed by atoms with E-state index in [-0.39, 0.29) is 17.0 Å². The first-order valence-electron chi connectivity index (χ1n) is 9.43. The topological polar surface area (TPSA) is 52.3 Å². The van der Waals surface area contributed by atoms with Crippen molar-refractivity contribution in [3.05, 3.63) is 36.0 Å². The lowest BCUT2D eigenvalue weighted by atomic mass is 9.62. The van der Waals surface area contributed by atoms with E-state index in [1.54, 1.807) is 0 Å². The van der Waals surface area contributed by atoms with Gasteiger partial charge >= 0.3 is 0 Å². The van der Waals surface area contributed by atoms with E-state index in [0.717, 1.165) is 32.7 Å². The van der Waals surface area contributed by atoms with Crippen molar-refractivity contribution >= 4 is 16.7 Å². The highest BCUT2D eigenvalue weighted by Gasteiger charge is 2.62. The molecule has 4 saturated heterocycles. The highest BCUT2D eigenvalue weighted by atomic mass is 16.1. The number of nitriles is 1. The molecule has 5 heteroatoms. The van der Waals surface area contributed by atoms with Crippen LogP contribution in [0.3, 0.4) is 0 Å². The van der Waals surface area contributed by atoms with Crippen molar-refractivity contribution in [3.8, 4) is 6.07 Å². The summed E-state index contributed by atoms with van der Waals surface area (Å²) in [6.07, 6.45) is 2.99. The zero-order chi connectivity index (χ0) is 18.1. The van der Waals surface area contributed by atoms with Gasteiger partial charge in [-0.1, -0.05) is 32.0 Å². The zero-order valence-corrected chi connectivity index (χ0v) is 15.4. The predicted octanol–water partition coefficient (Wildman–Crippen LogP) is 2.78. The minimum absolute atomic E-state index is 0.234. The molecule has 4 fully saturated rings. The number of carbonyl (C=O) groups is 1. The molecule has 6 rings (SSSR count). The Hall–Kier alpha value is -2.16. The van der Waals surface area contributed by atoms with Gasteiger partial charge in [-0.15, -0.1) is 0 Å². The molecule has 0 radical (unpaired) electrons. The highest BCUT2D eigenvalue weighted by Crippen LogP contribution is 2.52. The van der Waals surface area contributed by atoms with Crippen LogP contribution < -0.4 is 0 Å². The first-order valence-corrected chi connectivity index (χ1v) is 9.43. The fraction of sp³-hybridized carbons (Fsp3) is 0.524. The molecule has 5 nitrogen and oxygen atoms in total. The number of hydrogen-bond acceptors (Lipinski definition) is 4. The van der Waals surface area contributed by atoms with Crippen LogP contribution in [0.1, 0.15) is 32.0 Å². The second-order valence-corrected chi connectivity index (χ2v) is 8.84. The lowest BCUT2D eigenvalue weighted by Crippen LogP contribution is -2.75. The Morgan fingerprint density at radius 2 is 1.73 bits per heavy atom. The maximum atomic E-state index is 12.9. The summed E-state index contributed by atoms with van der Waals surface area (Å²) in [6.45, 7) is 8.38. The minimum Gasteiger partial charge on any atom is -0.346 e. The average Bonchev–Trinajstić information content (AvgIpc) is 2.95. The van der Waals surface area contributed by atoms with Gasteiger partial charge in [0.1, 0.15) is 5.78 Å². The SMILES string of the molecule is CC12CN3CC(C)(CN(C1)C3c1cn(CCC#N)c3ccccc13)C2=O. The third-order valence-corrected chi connectivity index (χ3v) is 6.56. The van der Waals surface area contributed by atoms with Gasteiger partial charge in [-0.05, 0) is 6.07 Å². The second kappa shape index (κ2) is 5.18. The van der Waals surface area contributed by atoms with Crippen molar-refractivity contribution in [2.75, 3.05) is 26.2 Å². The molecule has 1 aromatic heterocycles. The van der Waals surface area contributed by atoms with Crippen LogP contribution in [0.25, 0.3) is 10.9 Å². The number of rotatable bonds is 3. The number of benzene rings is 1. The molecule has 4 aliphatic heterocycles. The van der Waals surface area contributed by atoms with Crippen LogP contribution in [0, 0.1) is 22.2 Å². The van der Waals surface area contributed by atoms with Gasteiger partial charge < -0.3 is 4.57 Å². The third kappa shape index (κ3) is 2.00. The van der Waals surface area contributed by atoms with E-state index >= 15 is 0 Å². The molecule has 0 aliphatic carbocycles. The van der Waals surface area contributed by atoms with Crippen LogP contribution in [0.15, 0.2) is 30.5 Å². The van der Waals surface area contributed by atoms with E-state index in [9.17, 15) is 4.79 Å². The molecule has 5 heterocycles. The van der Waals surface area contributed by atoms with Crippen molar-refractivity contribution in [1.82, 2.24) is 14.4 Å². The van der Waals surface area contributed by atoms with Crippen molar-refractivity contribution in [2.45, 2.75) is 33.0 Å². The maximum Gasteiger partial charge on any atom is 0.149 e. The number of ketones is 1. The molecule has 2 aromatic rings. The van der Waals surface area contributed by atoms with Gasteiger partial charge in [0, 0.05) is 55.4 Å². The second-order valence-electron chi connectivity index (χ2n) is 8.84. The number of carbonyl (C=O) groups excluding carboxylic acids is 1. The fourth-order valence-corrected chi connectivity index (χ4v) is 5.83. The Balaban J connectivity index is 1.60. The number of nitrogens with zero attached hydrogens (tertiary/aromatic N) is 4. The Kier molecular flexibility index (Phi) is 3.20. The molecule has 1 aromatic carbocycles. The molecule has 134 valence electrons. The smallest absolute Gasteiger partial charge is 0.149 e. The van der Waals surface area contributed by atoms with E-state index in [4.69, 9.17) is 5.26 Å². The summed E-state index contributed by atoms with van der Waals surface area (Å²) in [6, 6.07) is 10.7. The van der Waals surface area contributed by atoms with Gasteiger partial charge in [0.25, 0.3) is 0 Å². The van der Waals surface area contributed by atoms with E-state index in [0.29, 0.717) is 12.2 Å². The molecule has 4 aliphatic rings. The van der Waals surface area contributed by atoms with Crippen LogP contribution in [-0.2, 0) is 11.3 Å². The van der Waals surface area contributed by atoms with Gasteiger partial charge in [0.05, 0.1) is 29.5 Å². The molecule has 0 amide bonds. The monoisotopic (exact) mass is 348 g/mol. The number of piperidine rings is 2. The molecule has 0 spiro atoms. The summed E-state index contributed by atoms with van der Waals surface area (Å²) < 4.78 is 2.22. The molecule has 0 N–H and O–H groups in total. The lowest BCUT2D eigenvalue weighted by molar-refractivity contribution is -0.196. The molecule has 26 heavy (non-hydrogen) atoms. The summed E-state index contributed by atoms with van der Waals surface area (Å²) in [5.41, 5.74) is 2.04. The average molecular weight is 348 g/mol. The molecule has 0 saturated carbocycles. The Bertz CT molecular complexity index is 913. The van der Waals surface area contributed by atoms with Crippen LogP contribution in [0.5, 0.6) is 0 Å². The zero-order valence-electron chi connectivity index (χ0n) is 15.4. The quantitative estimate of drug-likeness (QED) is 0.856. The Labute approximate surface area is 153 Å². The van der Waals surface area contributed by atoms with Gasteiger partial charge in [0.15, 0.2) is 0 Å². The van der Waals surface area contributed by atoms with Crippen LogP contribution >= 0.6 is 0 Å². The molecule has 4 bridgehead atoms. The first-order chi connectivity index (χ1) is 12.5. The van der Waals surface area contributed by atoms with Crippen molar-refractivity contribution in [1.29, 1.82) is 5.26 Å².